The highest BCUT2D eigenvalue weighted by Gasteiger charge is 2.41. The van der Waals surface area contributed by atoms with Crippen molar-refractivity contribution >= 4 is 5.91 Å². The summed E-state index contributed by atoms with van der Waals surface area (Å²) in [5, 5.41) is 14.3. The number of nitrogens with zero attached hydrogens (tertiary/aromatic N) is 1. The lowest BCUT2D eigenvalue weighted by atomic mass is 9.91. The van der Waals surface area contributed by atoms with Crippen LogP contribution in [-0.2, 0) is 17.8 Å². The van der Waals surface area contributed by atoms with Crippen molar-refractivity contribution in [3.8, 4) is 0 Å². The first kappa shape index (κ1) is 19.6. The Morgan fingerprint density at radius 3 is 2.70 bits per heavy atom. The van der Waals surface area contributed by atoms with Crippen LogP contribution in [0.1, 0.15) is 35.1 Å². The number of nitrogens with one attached hydrogen (secondary N) is 1. The number of carbonyl (C=O) groups is 1. The van der Waals surface area contributed by atoms with Crippen LogP contribution in [-0.4, -0.2) is 41.1 Å². The van der Waals surface area contributed by atoms with Gasteiger partial charge in [0, 0.05) is 26.2 Å². The lowest BCUT2D eigenvalue weighted by Gasteiger charge is -2.38. The summed E-state index contributed by atoms with van der Waals surface area (Å²) in [5.74, 6) is -0.141. The number of rotatable bonds is 7. The van der Waals surface area contributed by atoms with Gasteiger partial charge in [-0.3, -0.25) is 4.79 Å². The van der Waals surface area contributed by atoms with E-state index in [1.807, 2.05) is 23.1 Å². The van der Waals surface area contributed by atoms with E-state index in [0.29, 0.717) is 26.1 Å². The van der Waals surface area contributed by atoms with Crippen molar-refractivity contribution in [2.24, 2.45) is 0 Å². The molecule has 2 aromatic rings. The van der Waals surface area contributed by atoms with Crippen LogP contribution in [0.25, 0.3) is 0 Å². The molecule has 2 aromatic carbocycles. The first-order chi connectivity index (χ1) is 13.0. The lowest BCUT2D eigenvalue weighted by molar-refractivity contribution is -0.156. The number of amides is 1. The Morgan fingerprint density at radius 2 is 1.93 bits per heavy atom. The van der Waals surface area contributed by atoms with Gasteiger partial charge in [-0.1, -0.05) is 54.1 Å². The van der Waals surface area contributed by atoms with Gasteiger partial charge in [-0.05, 0) is 49.8 Å². The van der Waals surface area contributed by atoms with E-state index in [0.717, 1.165) is 19.4 Å². The molecule has 1 aliphatic rings. The average Bonchev–Trinajstić information content (AvgIpc) is 2.67. The zero-order valence-corrected chi connectivity index (χ0v) is 16.4. The molecular formula is C23H30N2O2. The van der Waals surface area contributed by atoms with E-state index in [9.17, 15) is 9.90 Å². The molecule has 1 heterocycles. The zero-order valence-electron chi connectivity index (χ0n) is 16.4. The number of aryl methyl sites for hydroxylation is 2. The number of benzene rings is 2. The number of hydrogen-bond donors (Lipinski definition) is 2. The van der Waals surface area contributed by atoms with E-state index in [-0.39, 0.29) is 5.91 Å². The summed E-state index contributed by atoms with van der Waals surface area (Å²) in [6, 6.07) is 16.5. The standard InChI is InChI=1S/C23H30N2O2/c1-18-9-10-19(2)21(15-18)16-24-17-23(27)12-6-13-25(22(23)26)14-11-20-7-4-3-5-8-20/h3-5,7-10,15,24,27H,6,11-14,16-17H2,1-2H3/t23-/m1/s1. The van der Waals surface area contributed by atoms with Gasteiger partial charge >= 0.3 is 0 Å². The topological polar surface area (TPSA) is 52.6 Å². The number of carbonyl (C=O) groups excluding carboxylic acids is 1. The highest BCUT2D eigenvalue weighted by atomic mass is 16.3. The third-order valence-corrected chi connectivity index (χ3v) is 5.45. The fraction of sp³-hybridized carbons (Fsp3) is 0.435. The predicted molar refractivity (Wildman–Crippen MR) is 109 cm³/mol. The quantitative estimate of drug-likeness (QED) is 0.792. The normalized spacial score (nSPS) is 20.1. The van der Waals surface area contributed by atoms with Crippen LogP contribution >= 0.6 is 0 Å². The van der Waals surface area contributed by atoms with Crippen molar-refractivity contribution in [2.45, 2.75) is 45.3 Å². The Morgan fingerprint density at radius 1 is 1.15 bits per heavy atom. The van der Waals surface area contributed by atoms with Crippen molar-refractivity contribution in [1.29, 1.82) is 0 Å². The molecule has 144 valence electrons. The Labute approximate surface area is 162 Å². The van der Waals surface area contributed by atoms with Gasteiger partial charge in [0.2, 0.25) is 0 Å². The minimum Gasteiger partial charge on any atom is -0.379 e. The summed E-state index contributed by atoms with van der Waals surface area (Å²) >= 11 is 0. The second-order valence-corrected chi connectivity index (χ2v) is 7.70. The van der Waals surface area contributed by atoms with Crippen LogP contribution in [0.4, 0.5) is 0 Å². The Bertz CT molecular complexity index is 775. The summed E-state index contributed by atoms with van der Waals surface area (Å²) in [6.07, 6.45) is 2.17. The van der Waals surface area contributed by atoms with Crippen LogP contribution in [0.3, 0.4) is 0 Å². The molecule has 3 rings (SSSR count). The van der Waals surface area contributed by atoms with Crippen molar-refractivity contribution in [3.05, 3.63) is 70.8 Å². The van der Waals surface area contributed by atoms with Crippen LogP contribution in [0.5, 0.6) is 0 Å². The smallest absolute Gasteiger partial charge is 0.255 e. The maximum absolute atomic E-state index is 12.9. The molecule has 1 atom stereocenters. The average molecular weight is 367 g/mol. The van der Waals surface area contributed by atoms with Crippen LogP contribution in [0.2, 0.25) is 0 Å². The first-order valence-corrected chi connectivity index (χ1v) is 9.80. The van der Waals surface area contributed by atoms with E-state index in [1.165, 1.54) is 22.3 Å². The molecule has 4 nitrogen and oxygen atoms in total. The minimum absolute atomic E-state index is 0.141. The maximum atomic E-state index is 12.9. The molecule has 1 aliphatic heterocycles. The van der Waals surface area contributed by atoms with Crippen molar-refractivity contribution < 1.29 is 9.90 Å². The molecule has 0 aromatic heterocycles. The minimum atomic E-state index is -1.30. The van der Waals surface area contributed by atoms with E-state index in [1.54, 1.807) is 0 Å². The third-order valence-electron chi connectivity index (χ3n) is 5.45. The second kappa shape index (κ2) is 8.68. The highest BCUT2D eigenvalue weighted by Crippen LogP contribution is 2.23. The Hall–Kier alpha value is -2.17. The molecule has 0 spiro atoms. The highest BCUT2D eigenvalue weighted by molar-refractivity contribution is 5.86. The third kappa shape index (κ3) is 4.96. The van der Waals surface area contributed by atoms with Gasteiger partial charge in [0.1, 0.15) is 0 Å². The van der Waals surface area contributed by atoms with Crippen LogP contribution < -0.4 is 5.32 Å². The van der Waals surface area contributed by atoms with Gasteiger partial charge in [-0.25, -0.2) is 0 Å². The molecule has 1 saturated heterocycles. The number of piperidine rings is 1. The summed E-state index contributed by atoms with van der Waals surface area (Å²) in [4.78, 5) is 14.7. The van der Waals surface area contributed by atoms with E-state index in [4.69, 9.17) is 0 Å². The van der Waals surface area contributed by atoms with E-state index >= 15 is 0 Å². The number of likely N-dealkylation sites (tertiary alicyclic amines) is 1. The maximum Gasteiger partial charge on any atom is 0.255 e. The Kier molecular flexibility index (Phi) is 6.30. The second-order valence-electron chi connectivity index (χ2n) is 7.70. The van der Waals surface area contributed by atoms with Crippen molar-refractivity contribution in [3.63, 3.8) is 0 Å². The fourth-order valence-electron chi connectivity index (χ4n) is 3.75. The van der Waals surface area contributed by atoms with Gasteiger partial charge in [-0.15, -0.1) is 0 Å². The molecule has 0 radical (unpaired) electrons. The molecular weight excluding hydrogens is 336 g/mol. The van der Waals surface area contributed by atoms with Crippen LogP contribution in [0, 0.1) is 13.8 Å². The summed E-state index contributed by atoms with van der Waals surface area (Å²) in [5.41, 5.74) is 3.57. The van der Waals surface area contributed by atoms with Gasteiger partial charge < -0.3 is 15.3 Å². The molecule has 2 N–H and O–H groups in total. The Balaban J connectivity index is 1.55. The van der Waals surface area contributed by atoms with E-state index < -0.39 is 5.60 Å². The van der Waals surface area contributed by atoms with Gasteiger partial charge in [0.25, 0.3) is 5.91 Å². The van der Waals surface area contributed by atoms with Crippen LogP contribution in [0.15, 0.2) is 48.5 Å². The molecule has 1 fully saturated rings. The number of hydrogen-bond acceptors (Lipinski definition) is 3. The summed E-state index contributed by atoms with van der Waals surface area (Å²) in [6.45, 7) is 6.50. The van der Waals surface area contributed by atoms with Gasteiger partial charge in [0.15, 0.2) is 5.60 Å². The lowest BCUT2D eigenvalue weighted by Crippen LogP contribution is -2.58. The first-order valence-electron chi connectivity index (χ1n) is 9.80. The molecule has 4 heteroatoms. The summed E-state index contributed by atoms with van der Waals surface area (Å²) in [7, 11) is 0. The zero-order chi connectivity index (χ0) is 19.3. The molecule has 27 heavy (non-hydrogen) atoms. The summed E-state index contributed by atoms with van der Waals surface area (Å²) < 4.78 is 0. The van der Waals surface area contributed by atoms with E-state index in [2.05, 4.69) is 49.5 Å². The van der Waals surface area contributed by atoms with Crippen molar-refractivity contribution in [1.82, 2.24) is 10.2 Å². The largest absolute Gasteiger partial charge is 0.379 e. The van der Waals surface area contributed by atoms with Crippen molar-refractivity contribution in [2.75, 3.05) is 19.6 Å². The number of aliphatic hydroxyl groups is 1. The molecule has 0 bridgehead atoms. The molecule has 1 amide bonds. The molecule has 0 aliphatic carbocycles. The monoisotopic (exact) mass is 366 g/mol. The molecule has 0 unspecified atom stereocenters. The fourth-order valence-corrected chi connectivity index (χ4v) is 3.75. The molecule has 0 saturated carbocycles. The van der Waals surface area contributed by atoms with Gasteiger partial charge in [-0.2, -0.15) is 0 Å². The SMILES string of the molecule is Cc1ccc(C)c(CNC[C@]2(O)CCCN(CCc3ccccc3)C2=O)c1. The predicted octanol–water partition coefficient (Wildman–Crippen LogP) is 2.99. The van der Waals surface area contributed by atoms with Gasteiger partial charge in [0.05, 0.1) is 0 Å².